The number of pyridine rings is 2. The summed E-state index contributed by atoms with van der Waals surface area (Å²) in [6, 6.07) is 12.1. The van der Waals surface area contributed by atoms with Crippen LogP contribution >= 0.6 is 35.9 Å². The largest absolute Gasteiger partial charge is 0.354 e. The quantitative estimate of drug-likeness (QED) is 0.568. The third-order valence-electron chi connectivity index (χ3n) is 4.74. The number of rotatable bonds is 4. The summed E-state index contributed by atoms with van der Waals surface area (Å²) >= 11 is 3.58. The van der Waals surface area contributed by atoms with Crippen LogP contribution in [0, 0.1) is 6.92 Å². The van der Waals surface area contributed by atoms with Gasteiger partial charge in [0.25, 0.3) is 5.91 Å². The van der Waals surface area contributed by atoms with Crippen molar-refractivity contribution in [2.24, 2.45) is 0 Å². The van der Waals surface area contributed by atoms with Gasteiger partial charge in [-0.05, 0) is 43.5 Å². The molecule has 0 bridgehead atoms. The molecule has 1 N–H and O–H groups in total. The van der Waals surface area contributed by atoms with Crippen molar-refractivity contribution in [3.8, 4) is 0 Å². The Hall–Kier alpha value is -1.96. The normalized spacial score (nSPS) is 13.8. The van der Waals surface area contributed by atoms with Crippen LogP contribution in [0.4, 0.5) is 11.4 Å². The first-order valence-corrected chi connectivity index (χ1v) is 11.6. The molecule has 0 saturated carbocycles. The Bertz CT molecular complexity index is 1020. The molecule has 0 spiro atoms. The topological polar surface area (TPSA) is 58.1 Å². The minimum absolute atomic E-state index is 0. The van der Waals surface area contributed by atoms with Gasteiger partial charge in [0, 0.05) is 52.5 Å². The van der Waals surface area contributed by atoms with Gasteiger partial charge >= 0.3 is 0 Å². The molecule has 0 unspecified atom stereocenters. The molecule has 5 nitrogen and oxygen atoms in total. The zero-order valence-electron chi connectivity index (χ0n) is 16.3. The predicted octanol–water partition coefficient (Wildman–Crippen LogP) is 5.01. The molecule has 8 heteroatoms. The molecule has 0 radical (unpaired) electrons. The van der Waals surface area contributed by atoms with Gasteiger partial charge in [-0.3, -0.25) is 4.79 Å². The van der Waals surface area contributed by atoms with E-state index >= 15 is 0 Å². The predicted molar refractivity (Wildman–Crippen MR) is 126 cm³/mol. The zero-order valence-corrected chi connectivity index (χ0v) is 18.8. The van der Waals surface area contributed by atoms with Gasteiger partial charge in [0.15, 0.2) is 5.65 Å². The fraction of sp³-hybridized carbons (Fsp3) is 0.286. The molecule has 0 aliphatic carbocycles. The molecular formula is C21H23ClN4OS2. The number of anilines is 2. The van der Waals surface area contributed by atoms with Crippen LogP contribution in [-0.4, -0.2) is 51.6 Å². The number of hydrogen-bond donors (Lipinski definition) is 1. The summed E-state index contributed by atoms with van der Waals surface area (Å²) in [6.07, 6.45) is 3.72. The molecule has 1 fully saturated rings. The first-order chi connectivity index (χ1) is 13.7. The third-order valence-corrected chi connectivity index (χ3v) is 6.40. The number of fused-ring (bicyclic) bond motifs is 1. The van der Waals surface area contributed by atoms with E-state index in [2.05, 4.69) is 33.7 Å². The van der Waals surface area contributed by atoms with Crippen LogP contribution in [-0.2, 0) is 0 Å². The highest BCUT2D eigenvalue weighted by atomic mass is 35.5. The van der Waals surface area contributed by atoms with Gasteiger partial charge in [-0.2, -0.15) is 11.8 Å². The van der Waals surface area contributed by atoms with Crippen molar-refractivity contribution in [1.82, 2.24) is 14.9 Å². The number of aryl methyl sites for hydroxylation is 1. The molecule has 3 aromatic rings. The fourth-order valence-corrected chi connectivity index (χ4v) is 4.61. The number of nitrogens with zero attached hydrogens (tertiary/aromatic N) is 3. The maximum atomic E-state index is 13.3. The van der Waals surface area contributed by atoms with Gasteiger partial charge < -0.3 is 10.2 Å². The van der Waals surface area contributed by atoms with Crippen LogP contribution in [0.2, 0.25) is 0 Å². The van der Waals surface area contributed by atoms with E-state index in [0.717, 1.165) is 47.1 Å². The molecule has 2 aromatic heterocycles. The molecule has 3 heterocycles. The molecule has 1 amide bonds. The average molecular weight is 447 g/mol. The van der Waals surface area contributed by atoms with Crippen molar-refractivity contribution >= 4 is 64.2 Å². The summed E-state index contributed by atoms with van der Waals surface area (Å²) in [6.45, 7) is 3.49. The van der Waals surface area contributed by atoms with Crippen molar-refractivity contribution < 1.29 is 4.79 Å². The number of carbonyl (C=O) groups excluding carboxylic acids is 1. The number of benzene rings is 1. The summed E-state index contributed by atoms with van der Waals surface area (Å²) in [4.78, 5) is 25.4. The van der Waals surface area contributed by atoms with Gasteiger partial charge in [0.1, 0.15) is 0 Å². The molecule has 1 aliphatic heterocycles. The number of amides is 1. The maximum Gasteiger partial charge on any atom is 0.257 e. The highest BCUT2D eigenvalue weighted by Crippen LogP contribution is 2.31. The Kier molecular flexibility index (Phi) is 7.27. The summed E-state index contributed by atoms with van der Waals surface area (Å²) < 4.78 is 0. The first kappa shape index (κ1) is 21.7. The van der Waals surface area contributed by atoms with Crippen LogP contribution in [0.25, 0.3) is 11.0 Å². The van der Waals surface area contributed by atoms with Gasteiger partial charge in [-0.15, -0.1) is 24.2 Å². The van der Waals surface area contributed by atoms with E-state index in [4.69, 9.17) is 0 Å². The van der Waals surface area contributed by atoms with Crippen LogP contribution in [0.5, 0.6) is 0 Å². The lowest BCUT2D eigenvalue weighted by atomic mass is 10.1. The highest BCUT2D eigenvalue weighted by Gasteiger charge is 2.23. The monoisotopic (exact) mass is 446 g/mol. The minimum Gasteiger partial charge on any atom is -0.354 e. The molecule has 29 heavy (non-hydrogen) atoms. The average Bonchev–Trinajstić information content (AvgIpc) is 2.74. The SMILES string of the molecule is CSc1cccc(Nc2c(C(=O)N3CCSCC3)cnc3nc(C)ccc23)c1.Cl. The van der Waals surface area contributed by atoms with E-state index in [9.17, 15) is 4.79 Å². The zero-order chi connectivity index (χ0) is 19.5. The number of aromatic nitrogens is 2. The van der Waals surface area contributed by atoms with E-state index in [1.807, 2.05) is 47.9 Å². The summed E-state index contributed by atoms with van der Waals surface area (Å²) in [7, 11) is 0. The van der Waals surface area contributed by atoms with Gasteiger partial charge in [-0.25, -0.2) is 9.97 Å². The summed E-state index contributed by atoms with van der Waals surface area (Å²) in [5.41, 5.74) is 3.87. The molecule has 1 aliphatic rings. The Morgan fingerprint density at radius 3 is 2.76 bits per heavy atom. The molecular weight excluding hydrogens is 424 g/mol. The fourth-order valence-electron chi connectivity index (χ4n) is 3.25. The summed E-state index contributed by atoms with van der Waals surface area (Å²) in [5.74, 6) is 1.98. The van der Waals surface area contributed by atoms with E-state index < -0.39 is 0 Å². The Balaban J connectivity index is 0.00000240. The van der Waals surface area contributed by atoms with Crippen molar-refractivity contribution in [2.75, 3.05) is 36.2 Å². The molecule has 152 valence electrons. The van der Waals surface area contributed by atoms with Crippen LogP contribution < -0.4 is 5.32 Å². The lowest BCUT2D eigenvalue weighted by molar-refractivity contribution is 0.0773. The van der Waals surface area contributed by atoms with E-state index in [0.29, 0.717) is 11.2 Å². The summed E-state index contributed by atoms with van der Waals surface area (Å²) in [5, 5.41) is 4.34. The maximum absolute atomic E-state index is 13.3. The van der Waals surface area contributed by atoms with Crippen LogP contribution in [0.3, 0.4) is 0 Å². The smallest absolute Gasteiger partial charge is 0.257 e. The molecule has 4 rings (SSSR count). The first-order valence-electron chi connectivity index (χ1n) is 9.20. The lowest BCUT2D eigenvalue weighted by Crippen LogP contribution is -2.38. The minimum atomic E-state index is 0. The molecule has 1 saturated heterocycles. The van der Waals surface area contributed by atoms with Crippen LogP contribution in [0.15, 0.2) is 47.5 Å². The number of thioether (sulfide) groups is 2. The van der Waals surface area contributed by atoms with Gasteiger partial charge in [0.05, 0.1) is 11.3 Å². The Morgan fingerprint density at radius 1 is 1.21 bits per heavy atom. The number of hydrogen-bond acceptors (Lipinski definition) is 6. The number of nitrogens with one attached hydrogen (secondary N) is 1. The van der Waals surface area contributed by atoms with E-state index in [1.165, 1.54) is 4.90 Å². The van der Waals surface area contributed by atoms with E-state index in [1.54, 1.807) is 18.0 Å². The Morgan fingerprint density at radius 2 is 2.00 bits per heavy atom. The number of halogens is 1. The standard InChI is InChI=1S/C21H22N4OS2.ClH/c1-14-6-7-17-19(24-15-4-3-5-16(12-15)27-2)18(13-22-20(17)23-14)21(26)25-8-10-28-11-9-25;/h3-7,12-13H,8-11H2,1-2H3,(H,22,23,24);1H. The van der Waals surface area contributed by atoms with E-state index in [-0.39, 0.29) is 18.3 Å². The van der Waals surface area contributed by atoms with Crippen molar-refractivity contribution in [3.63, 3.8) is 0 Å². The number of carbonyl (C=O) groups is 1. The van der Waals surface area contributed by atoms with Crippen molar-refractivity contribution in [3.05, 3.63) is 53.9 Å². The van der Waals surface area contributed by atoms with Crippen molar-refractivity contribution in [1.29, 1.82) is 0 Å². The Labute approximate surface area is 185 Å². The molecule has 1 aromatic carbocycles. The lowest BCUT2D eigenvalue weighted by Gasteiger charge is -2.27. The third kappa shape index (κ3) is 4.79. The second-order valence-corrected chi connectivity index (χ2v) is 8.74. The molecule has 0 atom stereocenters. The van der Waals surface area contributed by atoms with Crippen LogP contribution in [0.1, 0.15) is 16.1 Å². The highest BCUT2D eigenvalue weighted by molar-refractivity contribution is 7.99. The second kappa shape index (κ2) is 9.69. The van der Waals surface area contributed by atoms with Crippen molar-refractivity contribution in [2.45, 2.75) is 11.8 Å². The van der Waals surface area contributed by atoms with Gasteiger partial charge in [0.2, 0.25) is 0 Å². The van der Waals surface area contributed by atoms with Gasteiger partial charge in [-0.1, -0.05) is 6.07 Å². The second-order valence-electron chi connectivity index (χ2n) is 6.63.